The molecular formula is C22H15I. The van der Waals surface area contributed by atoms with Crippen molar-refractivity contribution in [1.29, 1.82) is 0 Å². The Hall–Kier alpha value is -2.13. The molecule has 0 aromatic heterocycles. The van der Waals surface area contributed by atoms with Crippen LogP contribution in [0.15, 0.2) is 91.0 Å². The molecule has 0 radical (unpaired) electrons. The van der Waals surface area contributed by atoms with E-state index in [1.54, 1.807) is 0 Å². The molecule has 0 saturated heterocycles. The Kier molecular flexibility index (Phi) is 3.88. The fourth-order valence-electron chi connectivity index (χ4n) is 3.02. The number of hydrogen-bond acceptors (Lipinski definition) is 0. The van der Waals surface area contributed by atoms with Crippen LogP contribution in [0, 0.1) is 3.57 Å². The maximum atomic E-state index is 2.48. The molecule has 4 rings (SSSR count). The van der Waals surface area contributed by atoms with Crippen LogP contribution in [-0.2, 0) is 0 Å². The minimum atomic E-state index is 1.26. The Bertz CT molecular complexity index is 957. The highest BCUT2D eigenvalue weighted by atomic mass is 127. The molecule has 110 valence electrons. The third-order valence-electron chi connectivity index (χ3n) is 4.15. The molecule has 4 aromatic rings. The van der Waals surface area contributed by atoms with Gasteiger partial charge in [0.1, 0.15) is 0 Å². The first-order valence-electron chi connectivity index (χ1n) is 7.67. The van der Waals surface area contributed by atoms with Gasteiger partial charge >= 0.3 is 0 Å². The van der Waals surface area contributed by atoms with Gasteiger partial charge < -0.3 is 0 Å². The monoisotopic (exact) mass is 406 g/mol. The number of rotatable bonds is 2. The Balaban J connectivity index is 2.08. The number of fused-ring (bicyclic) bond motifs is 1. The lowest BCUT2D eigenvalue weighted by Gasteiger charge is -2.14. The summed E-state index contributed by atoms with van der Waals surface area (Å²) < 4.78 is 1.31. The molecule has 0 bridgehead atoms. The van der Waals surface area contributed by atoms with E-state index in [0.717, 1.165) is 0 Å². The van der Waals surface area contributed by atoms with Crippen molar-refractivity contribution in [2.24, 2.45) is 0 Å². The van der Waals surface area contributed by atoms with Crippen LogP contribution in [0.5, 0.6) is 0 Å². The third kappa shape index (κ3) is 2.66. The molecule has 0 N–H and O–H groups in total. The zero-order chi connectivity index (χ0) is 15.6. The van der Waals surface area contributed by atoms with E-state index in [2.05, 4.69) is 114 Å². The normalized spacial score (nSPS) is 10.8. The molecule has 0 amide bonds. The Morgan fingerprint density at radius 1 is 0.478 bits per heavy atom. The molecule has 0 fully saturated rings. The zero-order valence-corrected chi connectivity index (χ0v) is 14.7. The van der Waals surface area contributed by atoms with Crippen LogP contribution >= 0.6 is 22.6 Å². The van der Waals surface area contributed by atoms with E-state index in [0.29, 0.717) is 0 Å². The molecule has 0 spiro atoms. The lowest BCUT2D eigenvalue weighted by Crippen LogP contribution is -1.89. The van der Waals surface area contributed by atoms with Gasteiger partial charge in [-0.05, 0) is 61.7 Å². The first-order valence-corrected chi connectivity index (χ1v) is 8.74. The van der Waals surface area contributed by atoms with Gasteiger partial charge in [0, 0.05) is 3.57 Å². The van der Waals surface area contributed by atoms with Crippen molar-refractivity contribution in [3.63, 3.8) is 0 Å². The molecule has 0 nitrogen and oxygen atoms in total. The van der Waals surface area contributed by atoms with Crippen LogP contribution in [0.1, 0.15) is 0 Å². The van der Waals surface area contributed by atoms with Gasteiger partial charge in [0.05, 0.1) is 0 Å². The quantitative estimate of drug-likeness (QED) is 0.322. The zero-order valence-electron chi connectivity index (χ0n) is 12.5. The van der Waals surface area contributed by atoms with E-state index in [1.165, 1.54) is 36.6 Å². The van der Waals surface area contributed by atoms with E-state index >= 15 is 0 Å². The third-order valence-corrected chi connectivity index (χ3v) is 5.31. The molecule has 0 aliphatic carbocycles. The molecule has 0 saturated carbocycles. The van der Waals surface area contributed by atoms with Crippen molar-refractivity contribution in [3.8, 4) is 22.3 Å². The molecule has 4 aromatic carbocycles. The second-order valence-corrected chi connectivity index (χ2v) is 6.64. The van der Waals surface area contributed by atoms with E-state index in [9.17, 15) is 0 Å². The number of halogens is 1. The second kappa shape index (κ2) is 6.17. The summed E-state index contributed by atoms with van der Waals surface area (Å²) in [5.41, 5.74) is 5.11. The van der Waals surface area contributed by atoms with E-state index in [1.807, 2.05) is 0 Å². The summed E-state index contributed by atoms with van der Waals surface area (Å²) in [5, 5.41) is 2.62. The first kappa shape index (κ1) is 14.5. The van der Waals surface area contributed by atoms with E-state index in [-0.39, 0.29) is 0 Å². The molecule has 0 aliphatic heterocycles. The van der Waals surface area contributed by atoms with Crippen LogP contribution in [0.2, 0.25) is 0 Å². The summed E-state index contributed by atoms with van der Waals surface area (Å²) in [6, 6.07) is 32.3. The molecule has 0 unspecified atom stereocenters. The van der Waals surface area contributed by atoms with Gasteiger partial charge in [-0.1, -0.05) is 84.9 Å². The predicted molar refractivity (Wildman–Crippen MR) is 108 cm³/mol. The summed E-state index contributed by atoms with van der Waals surface area (Å²) in [4.78, 5) is 0. The topological polar surface area (TPSA) is 0 Å². The number of benzene rings is 4. The van der Waals surface area contributed by atoms with Crippen molar-refractivity contribution < 1.29 is 0 Å². The van der Waals surface area contributed by atoms with Gasteiger partial charge in [0.15, 0.2) is 0 Å². The highest BCUT2D eigenvalue weighted by Gasteiger charge is 2.12. The Labute approximate surface area is 149 Å². The van der Waals surface area contributed by atoms with Gasteiger partial charge in [-0.25, -0.2) is 0 Å². The van der Waals surface area contributed by atoms with E-state index in [4.69, 9.17) is 0 Å². The van der Waals surface area contributed by atoms with Crippen LogP contribution in [0.3, 0.4) is 0 Å². The van der Waals surface area contributed by atoms with Crippen LogP contribution < -0.4 is 0 Å². The maximum Gasteiger partial charge on any atom is 0.0287 e. The molecule has 0 aliphatic rings. The van der Waals surface area contributed by atoms with Crippen LogP contribution in [0.4, 0.5) is 0 Å². The lowest BCUT2D eigenvalue weighted by atomic mass is 9.93. The summed E-state index contributed by atoms with van der Waals surface area (Å²) in [7, 11) is 0. The second-order valence-electron chi connectivity index (χ2n) is 5.56. The minimum Gasteiger partial charge on any atom is -0.0622 e. The lowest BCUT2D eigenvalue weighted by molar-refractivity contribution is 1.59. The van der Waals surface area contributed by atoms with Crippen LogP contribution in [0.25, 0.3) is 33.0 Å². The summed E-state index contributed by atoms with van der Waals surface area (Å²) in [5.74, 6) is 0. The van der Waals surface area contributed by atoms with Crippen molar-refractivity contribution >= 4 is 33.4 Å². The predicted octanol–water partition coefficient (Wildman–Crippen LogP) is 6.78. The first-order chi connectivity index (χ1) is 11.3. The van der Waals surface area contributed by atoms with Gasteiger partial charge in [0.25, 0.3) is 0 Å². The average Bonchev–Trinajstić information content (AvgIpc) is 2.64. The highest BCUT2D eigenvalue weighted by molar-refractivity contribution is 14.1. The van der Waals surface area contributed by atoms with Gasteiger partial charge in [-0.15, -0.1) is 0 Å². The van der Waals surface area contributed by atoms with Crippen molar-refractivity contribution in [2.75, 3.05) is 0 Å². The van der Waals surface area contributed by atoms with Gasteiger partial charge in [-0.3, -0.25) is 0 Å². The molecule has 1 heteroatoms. The average molecular weight is 406 g/mol. The SMILES string of the molecule is Ic1c(-c2ccccc2)cc(-c2ccccc2)c2ccccc12. The van der Waals surface area contributed by atoms with Gasteiger partial charge in [0.2, 0.25) is 0 Å². The highest BCUT2D eigenvalue weighted by Crippen LogP contribution is 2.38. The molecule has 0 atom stereocenters. The van der Waals surface area contributed by atoms with Crippen molar-refractivity contribution in [1.82, 2.24) is 0 Å². The fourth-order valence-corrected chi connectivity index (χ4v) is 3.96. The fraction of sp³-hybridized carbons (Fsp3) is 0. The number of hydrogen-bond donors (Lipinski definition) is 0. The van der Waals surface area contributed by atoms with Gasteiger partial charge in [-0.2, -0.15) is 0 Å². The van der Waals surface area contributed by atoms with E-state index < -0.39 is 0 Å². The van der Waals surface area contributed by atoms with Crippen molar-refractivity contribution in [3.05, 3.63) is 94.6 Å². The maximum absolute atomic E-state index is 2.48. The molecular weight excluding hydrogens is 391 g/mol. The smallest absolute Gasteiger partial charge is 0.0287 e. The van der Waals surface area contributed by atoms with Crippen molar-refractivity contribution in [2.45, 2.75) is 0 Å². The molecule has 0 heterocycles. The standard InChI is InChI=1S/C22H15I/c23-22-19-14-8-7-13-18(19)20(16-9-3-1-4-10-16)15-21(22)17-11-5-2-6-12-17/h1-15H. The minimum absolute atomic E-state index is 1.26. The summed E-state index contributed by atoms with van der Waals surface area (Å²) in [6.45, 7) is 0. The molecule has 23 heavy (non-hydrogen) atoms. The van der Waals surface area contributed by atoms with Crippen LogP contribution in [-0.4, -0.2) is 0 Å². The Morgan fingerprint density at radius 3 is 1.57 bits per heavy atom. The Morgan fingerprint density at radius 2 is 0.957 bits per heavy atom. The largest absolute Gasteiger partial charge is 0.0622 e. The summed E-state index contributed by atoms with van der Waals surface area (Å²) >= 11 is 2.48. The summed E-state index contributed by atoms with van der Waals surface area (Å²) in [6.07, 6.45) is 0.